The van der Waals surface area contributed by atoms with Crippen molar-refractivity contribution in [3.63, 3.8) is 0 Å². The maximum Gasteiger partial charge on any atom is 0.323 e. The highest BCUT2D eigenvalue weighted by molar-refractivity contribution is 5.76. The molecule has 0 aromatic carbocycles. The molecule has 1 atom stereocenters. The Morgan fingerprint density at radius 3 is 2.94 bits per heavy atom. The van der Waals surface area contributed by atoms with E-state index in [4.69, 9.17) is 9.15 Å². The van der Waals surface area contributed by atoms with E-state index in [2.05, 4.69) is 0 Å². The molecule has 0 aliphatic heterocycles. The van der Waals surface area contributed by atoms with Gasteiger partial charge in [-0.2, -0.15) is 0 Å². The van der Waals surface area contributed by atoms with Gasteiger partial charge >= 0.3 is 5.97 Å². The number of ether oxygens (including phenoxy) is 1. The Morgan fingerprint density at radius 2 is 2.44 bits per heavy atom. The Kier molecular flexibility index (Phi) is 3.29. The summed E-state index contributed by atoms with van der Waals surface area (Å²) in [7, 11) is 3.40. The van der Waals surface area contributed by atoms with Crippen LogP contribution in [0, 0.1) is 5.92 Å². The highest BCUT2D eigenvalue weighted by Gasteiger charge is 2.39. The van der Waals surface area contributed by atoms with Gasteiger partial charge in [-0.1, -0.05) is 0 Å². The van der Waals surface area contributed by atoms with Crippen molar-refractivity contribution >= 4 is 5.97 Å². The van der Waals surface area contributed by atoms with E-state index in [-0.39, 0.29) is 12.0 Å². The molecule has 1 aliphatic rings. The first-order chi connectivity index (χ1) is 7.72. The minimum atomic E-state index is -0.131. The average Bonchev–Trinajstić information content (AvgIpc) is 2.96. The molecule has 0 amide bonds. The van der Waals surface area contributed by atoms with E-state index in [1.807, 2.05) is 18.0 Å². The molecule has 0 radical (unpaired) electrons. The van der Waals surface area contributed by atoms with Crippen LogP contribution in [0.3, 0.4) is 0 Å². The first-order valence-corrected chi connectivity index (χ1v) is 5.51. The summed E-state index contributed by atoms with van der Waals surface area (Å²) in [6.07, 6.45) is 5.59. The van der Waals surface area contributed by atoms with Crippen LogP contribution in [-0.4, -0.2) is 31.1 Å². The SMILES string of the molecule is COC(=O)C(C1CC1)N(C)Cc1ccoc1. The van der Waals surface area contributed by atoms with Crippen molar-refractivity contribution in [3.05, 3.63) is 24.2 Å². The quantitative estimate of drug-likeness (QED) is 0.712. The summed E-state index contributed by atoms with van der Waals surface area (Å²) in [5.74, 6) is 0.331. The average molecular weight is 223 g/mol. The van der Waals surface area contributed by atoms with Crippen LogP contribution in [0.2, 0.25) is 0 Å². The Balaban J connectivity index is 1.99. The summed E-state index contributed by atoms with van der Waals surface area (Å²) in [6.45, 7) is 0.715. The largest absolute Gasteiger partial charge is 0.472 e. The lowest BCUT2D eigenvalue weighted by atomic mass is 10.1. The van der Waals surface area contributed by atoms with Crippen LogP contribution in [0.1, 0.15) is 18.4 Å². The zero-order valence-electron chi connectivity index (χ0n) is 9.68. The lowest BCUT2D eigenvalue weighted by Gasteiger charge is -2.25. The highest BCUT2D eigenvalue weighted by atomic mass is 16.5. The van der Waals surface area contributed by atoms with E-state index in [9.17, 15) is 4.79 Å². The summed E-state index contributed by atoms with van der Waals surface area (Å²) >= 11 is 0. The molecular formula is C12H17NO3. The minimum Gasteiger partial charge on any atom is -0.472 e. The summed E-state index contributed by atoms with van der Waals surface area (Å²) in [5, 5.41) is 0. The number of likely N-dealkylation sites (N-methyl/N-ethyl adjacent to an activating group) is 1. The predicted molar refractivity (Wildman–Crippen MR) is 58.7 cm³/mol. The van der Waals surface area contributed by atoms with Crippen LogP contribution in [0.15, 0.2) is 23.0 Å². The number of rotatable bonds is 5. The monoisotopic (exact) mass is 223 g/mol. The van der Waals surface area contributed by atoms with E-state index >= 15 is 0 Å². The van der Waals surface area contributed by atoms with Gasteiger partial charge in [-0.25, -0.2) is 0 Å². The van der Waals surface area contributed by atoms with Crippen LogP contribution in [0.5, 0.6) is 0 Å². The highest BCUT2D eigenvalue weighted by Crippen LogP contribution is 2.36. The molecule has 0 spiro atoms. The first kappa shape index (κ1) is 11.2. The number of esters is 1. The van der Waals surface area contributed by atoms with Gasteiger partial charge in [0, 0.05) is 12.1 Å². The fourth-order valence-electron chi connectivity index (χ4n) is 2.03. The first-order valence-electron chi connectivity index (χ1n) is 5.51. The summed E-state index contributed by atoms with van der Waals surface area (Å²) in [5.41, 5.74) is 1.08. The zero-order chi connectivity index (χ0) is 11.5. The number of hydrogen-bond acceptors (Lipinski definition) is 4. The van der Waals surface area contributed by atoms with E-state index in [1.54, 1.807) is 12.5 Å². The smallest absolute Gasteiger partial charge is 0.323 e. The number of carbonyl (C=O) groups is 1. The molecule has 1 unspecified atom stereocenters. The van der Waals surface area contributed by atoms with Crippen molar-refractivity contribution in [1.29, 1.82) is 0 Å². The van der Waals surface area contributed by atoms with Crippen molar-refractivity contribution in [3.8, 4) is 0 Å². The molecular weight excluding hydrogens is 206 g/mol. The zero-order valence-corrected chi connectivity index (χ0v) is 9.68. The fourth-order valence-corrected chi connectivity index (χ4v) is 2.03. The third kappa shape index (κ3) is 2.44. The summed E-state index contributed by atoms with van der Waals surface area (Å²) < 4.78 is 9.87. The van der Waals surface area contributed by atoms with Crippen molar-refractivity contribution in [2.24, 2.45) is 5.92 Å². The lowest BCUT2D eigenvalue weighted by Crippen LogP contribution is -2.40. The molecule has 4 heteroatoms. The second-order valence-corrected chi connectivity index (χ2v) is 4.35. The van der Waals surface area contributed by atoms with Gasteiger partial charge in [-0.15, -0.1) is 0 Å². The second kappa shape index (κ2) is 4.70. The molecule has 1 aromatic rings. The normalized spacial score (nSPS) is 17.4. The number of methoxy groups -OCH3 is 1. The molecule has 0 N–H and O–H groups in total. The van der Waals surface area contributed by atoms with Crippen LogP contribution < -0.4 is 0 Å². The van der Waals surface area contributed by atoms with Crippen molar-refractivity contribution in [2.75, 3.05) is 14.2 Å². The van der Waals surface area contributed by atoms with Crippen molar-refractivity contribution < 1.29 is 13.9 Å². The van der Waals surface area contributed by atoms with Gasteiger partial charge in [0.05, 0.1) is 19.6 Å². The van der Waals surface area contributed by atoms with Crippen molar-refractivity contribution in [1.82, 2.24) is 4.90 Å². The van der Waals surface area contributed by atoms with Crippen LogP contribution >= 0.6 is 0 Å². The number of furan rings is 1. The van der Waals surface area contributed by atoms with E-state index < -0.39 is 0 Å². The molecule has 1 aliphatic carbocycles. The molecule has 1 aromatic heterocycles. The Morgan fingerprint density at radius 1 is 1.69 bits per heavy atom. The van der Waals surface area contributed by atoms with E-state index in [0.29, 0.717) is 12.5 Å². The Labute approximate surface area is 95.2 Å². The maximum absolute atomic E-state index is 11.7. The standard InChI is InChI=1S/C12H17NO3/c1-13(7-9-5-6-16-8-9)11(10-3-4-10)12(14)15-2/h5-6,8,10-11H,3-4,7H2,1-2H3. The number of hydrogen-bond donors (Lipinski definition) is 0. The Hall–Kier alpha value is -1.29. The molecule has 0 bridgehead atoms. The van der Waals surface area contributed by atoms with Crippen LogP contribution in [-0.2, 0) is 16.1 Å². The predicted octanol–water partition coefficient (Wildman–Crippen LogP) is 1.66. The van der Waals surface area contributed by atoms with Gasteiger partial charge < -0.3 is 9.15 Å². The van der Waals surface area contributed by atoms with Crippen molar-refractivity contribution in [2.45, 2.75) is 25.4 Å². The second-order valence-electron chi connectivity index (χ2n) is 4.35. The van der Waals surface area contributed by atoms with Gasteiger partial charge in [0.15, 0.2) is 0 Å². The minimum absolute atomic E-state index is 0.111. The van der Waals surface area contributed by atoms with Gasteiger partial charge in [0.25, 0.3) is 0 Å². The molecule has 16 heavy (non-hydrogen) atoms. The molecule has 4 nitrogen and oxygen atoms in total. The summed E-state index contributed by atoms with van der Waals surface area (Å²) in [6, 6.07) is 1.80. The molecule has 88 valence electrons. The fraction of sp³-hybridized carbons (Fsp3) is 0.583. The van der Waals surface area contributed by atoms with Gasteiger partial charge in [-0.05, 0) is 31.9 Å². The summed E-state index contributed by atoms with van der Waals surface area (Å²) in [4.78, 5) is 13.7. The third-order valence-electron chi connectivity index (χ3n) is 3.00. The number of carbonyl (C=O) groups excluding carboxylic acids is 1. The van der Waals surface area contributed by atoms with Gasteiger partial charge in [0.1, 0.15) is 6.04 Å². The maximum atomic E-state index is 11.7. The molecule has 1 saturated carbocycles. The molecule has 2 rings (SSSR count). The van der Waals surface area contributed by atoms with Gasteiger partial charge in [0.2, 0.25) is 0 Å². The number of nitrogens with zero attached hydrogens (tertiary/aromatic N) is 1. The Bertz CT molecular complexity index is 343. The van der Waals surface area contributed by atoms with Gasteiger partial charge in [-0.3, -0.25) is 9.69 Å². The lowest BCUT2D eigenvalue weighted by molar-refractivity contribution is -0.147. The third-order valence-corrected chi connectivity index (χ3v) is 3.00. The van der Waals surface area contributed by atoms with E-state index in [1.165, 1.54) is 7.11 Å². The van der Waals surface area contributed by atoms with Crippen LogP contribution in [0.4, 0.5) is 0 Å². The van der Waals surface area contributed by atoms with Crippen LogP contribution in [0.25, 0.3) is 0 Å². The molecule has 0 saturated heterocycles. The molecule has 1 heterocycles. The topological polar surface area (TPSA) is 42.7 Å². The molecule has 1 fully saturated rings. The van der Waals surface area contributed by atoms with E-state index in [0.717, 1.165) is 18.4 Å².